The molecule has 0 amide bonds. The van der Waals surface area contributed by atoms with Crippen LogP contribution in [0.5, 0.6) is 0 Å². The van der Waals surface area contributed by atoms with Crippen molar-refractivity contribution in [3.05, 3.63) is 29.8 Å². The molecule has 22 heavy (non-hydrogen) atoms. The number of benzene rings is 1. The van der Waals surface area contributed by atoms with Gasteiger partial charge in [0.05, 0.1) is 22.7 Å². The Morgan fingerprint density at radius 2 is 1.77 bits per heavy atom. The molecule has 1 rings (SSSR count). The molecule has 0 unspecified atom stereocenters. The minimum atomic E-state index is -1.98. The highest BCUT2D eigenvalue weighted by molar-refractivity contribution is 7.85. The number of aldehydes is 1. The van der Waals surface area contributed by atoms with Crippen LogP contribution in [0.2, 0.25) is 18.1 Å². The van der Waals surface area contributed by atoms with Crippen LogP contribution in [0.25, 0.3) is 0 Å². The van der Waals surface area contributed by atoms with E-state index in [1.165, 1.54) is 0 Å². The van der Waals surface area contributed by atoms with E-state index in [-0.39, 0.29) is 11.1 Å². The second-order valence-electron chi connectivity index (χ2n) is 7.23. The van der Waals surface area contributed by atoms with E-state index in [1.54, 1.807) is 0 Å². The summed E-state index contributed by atoms with van der Waals surface area (Å²) >= 11 is 0. The van der Waals surface area contributed by atoms with Crippen molar-refractivity contribution in [1.82, 2.24) is 0 Å². The van der Waals surface area contributed by atoms with Gasteiger partial charge in [-0.3, -0.25) is 4.21 Å². The Kier molecular flexibility index (Phi) is 6.71. The zero-order chi connectivity index (χ0) is 17.0. The van der Waals surface area contributed by atoms with E-state index < -0.39 is 19.1 Å². The predicted octanol–water partition coefficient (Wildman–Crippen LogP) is 4.08. The molecule has 0 aromatic heterocycles. The maximum Gasteiger partial charge on any atom is 0.192 e. The number of hydrogen-bond acceptors (Lipinski definition) is 3. The Bertz CT molecular complexity index is 518. The SMILES string of the molecule is Cc1ccc([S@](=O)C[C@@H](CC=O)O[Si](C)(C)C(C)(C)C)cc1. The molecule has 1 aromatic rings. The molecule has 0 heterocycles. The highest BCUT2D eigenvalue weighted by Gasteiger charge is 2.39. The first-order valence-corrected chi connectivity index (χ1v) is 11.9. The fourth-order valence-electron chi connectivity index (χ4n) is 1.81. The third-order valence-corrected chi connectivity index (χ3v) is 10.3. The number of rotatable bonds is 7. The van der Waals surface area contributed by atoms with Gasteiger partial charge in [0, 0.05) is 11.3 Å². The van der Waals surface area contributed by atoms with Gasteiger partial charge in [0.15, 0.2) is 8.32 Å². The van der Waals surface area contributed by atoms with Crippen molar-refractivity contribution in [3.63, 3.8) is 0 Å². The van der Waals surface area contributed by atoms with Gasteiger partial charge in [0.2, 0.25) is 0 Å². The molecule has 0 radical (unpaired) electrons. The van der Waals surface area contributed by atoms with Crippen LogP contribution in [-0.2, 0) is 20.0 Å². The van der Waals surface area contributed by atoms with E-state index in [2.05, 4.69) is 33.9 Å². The van der Waals surface area contributed by atoms with E-state index in [0.29, 0.717) is 12.2 Å². The monoisotopic (exact) mass is 340 g/mol. The highest BCUT2D eigenvalue weighted by atomic mass is 32.2. The smallest absolute Gasteiger partial charge is 0.192 e. The Morgan fingerprint density at radius 1 is 1.23 bits per heavy atom. The third kappa shape index (κ3) is 5.45. The summed E-state index contributed by atoms with van der Waals surface area (Å²) in [6, 6.07) is 7.68. The average molecular weight is 341 g/mol. The first-order chi connectivity index (χ1) is 10.1. The molecule has 1 aromatic carbocycles. The summed E-state index contributed by atoms with van der Waals surface area (Å²) in [5.41, 5.74) is 1.14. The van der Waals surface area contributed by atoms with E-state index in [4.69, 9.17) is 4.43 Å². The van der Waals surface area contributed by atoms with Gasteiger partial charge in [-0.05, 0) is 37.2 Å². The van der Waals surface area contributed by atoms with Crippen LogP contribution in [0, 0.1) is 6.92 Å². The number of aryl methyl sites for hydroxylation is 1. The molecule has 5 heteroatoms. The minimum absolute atomic E-state index is 0.0689. The van der Waals surface area contributed by atoms with Crippen molar-refractivity contribution in [2.24, 2.45) is 0 Å². The molecule has 0 aliphatic rings. The maximum absolute atomic E-state index is 12.5. The molecule has 0 aliphatic heterocycles. The molecule has 2 atom stereocenters. The normalized spacial score (nSPS) is 15.4. The number of carbonyl (C=O) groups is 1. The quantitative estimate of drug-likeness (QED) is 0.555. The molecule has 3 nitrogen and oxygen atoms in total. The second-order valence-corrected chi connectivity index (χ2v) is 13.5. The summed E-state index contributed by atoms with van der Waals surface area (Å²) in [5, 5.41) is 0.0689. The van der Waals surface area contributed by atoms with E-state index in [9.17, 15) is 9.00 Å². The first-order valence-electron chi connectivity index (χ1n) is 7.63. The second kappa shape index (κ2) is 7.66. The van der Waals surface area contributed by atoms with Crippen LogP contribution < -0.4 is 0 Å². The van der Waals surface area contributed by atoms with Crippen molar-refractivity contribution in [1.29, 1.82) is 0 Å². The maximum atomic E-state index is 12.5. The molecular formula is C17H28O3SSi. The Balaban J connectivity index is 2.82. The average Bonchev–Trinajstić information content (AvgIpc) is 2.37. The Morgan fingerprint density at radius 3 is 2.23 bits per heavy atom. The predicted molar refractivity (Wildman–Crippen MR) is 95.2 cm³/mol. The molecular weight excluding hydrogens is 312 g/mol. The van der Waals surface area contributed by atoms with Crippen LogP contribution in [0.1, 0.15) is 32.8 Å². The third-order valence-electron chi connectivity index (χ3n) is 4.25. The number of carbonyl (C=O) groups excluding carboxylic acids is 1. The largest absolute Gasteiger partial charge is 0.413 e. The summed E-state index contributed by atoms with van der Waals surface area (Å²) in [6.45, 7) is 12.8. The van der Waals surface area contributed by atoms with Crippen LogP contribution in [0.3, 0.4) is 0 Å². The fourth-order valence-corrected chi connectivity index (χ4v) is 4.47. The summed E-state index contributed by atoms with van der Waals surface area (Å²) in [7, 11) is -3.12. The molecule has 0 N–H and O–H groups in total. The summed E-state index contributed by atoms with van der Waals surface area (Å²) < 4.78 is 18.8. The van der Waals surface area contributed by atoms with Crippen molar-refractivity contribution < 1.29 is 13.4 Å². The standard InChI is InChI=1S/C17H28O3SSi/c1-14-7-9-16(10-8-14)21(19)13-15(11-12-18)20-22(5,6)17(2,3)4/h7-10,12,15H,11,13H2,1-6H3/t15-,21-/m1/s1. The summed E-state index contributed by atoms with van der Waals surface area (Å²) in [6.07, 6.45) is 0.884. The van der Waals surface area contributed by atoms with Gasteiger partial charge in [-0.15, -0.1) is 0 Å². The van der Waals surface area contributed by atoms with Crippen molar-refractivity contribution in [3.8, 4) is 0 Å². The Labute approximate surface area is 138 Å². The van der Waals surface area contributed by atoms with Gasteiger partial charge in [0.25, 0.3) is 0 Å². The lowest BCUT2D eigenvalue weighted by Gasteiger charge is -2.38. The van der Waals surface area contributed by atoms with Gasteiger partial charge >= 0.3 is 0 Å². The van der Waals surface area contributed by atoms with E-state index >= 15 is 0 Å². The van der Waals surface area contributed by atoms with Crippen molar-refractivity contribution >= 4 is 25.4 Å². The zero-order valence-electron chi connectivity index (χ0n) is 14.5. The van der Waals surface area contributed by atoms with Crippen LogP contribution >= 0.6 is 0 Å². The Hall–Kier alpha value is -0.783. The zero-order valence-corrected chi connectivity index (χ0v) is 16.3. The molecule has 124 valence electrons. The van der Waals surface area contributed by atoms with Crippen molar-refractivity contribution in [2.75, 3.05) is 5.75 Å². The van der Waals surface area contributed by atoms with Gasteiger partial charge < -0.3 is 9.22 Å². The molecule has 0 bridgehead atoms. The lowest BCUT2D eigenvalue weighted by Crippen LogP contribution is -2.45. The lowest BCUT2D eigenvalue weighted by molar-refractivity contribution is -0.109. The van der Waals surface area contributed by atoms with Crippen LogP contribution in [0.4, 0.5) is 0 Å². The van der Waals surface area contributed by atoms with Crippen LogP contribution in [-0.4, -0.2) is 30.7 Å². The van der Waals surface area contributed by atoms with Crippen molar-refractivity contribution in [2.45, 2.75) is 63.2 Å². The fraction of sp³-hybridized carbons (Fsp3) is 0.588. The molecule has 0 spiro atoms. The molecule has 0 saturated heterocycles. The topological polar surface area (TPSA) is 43.4 Å². The summed E-state index contributed by atoms with van der Waals surface area (Å²) in [4.78, 5) is 11.7. The molecule has 0 aliphatic carbocycles. The van der Waals surface area contributed by atoms with E-state index in [0.717, 1.165) is 16.7 Å². The van der Waals surface area contributed by atoms with E-state index in [1.807, 2.05) is 31.2 Å². The van der Waals surface area contributed by atoms with Gasteiger partial charge in [-0.1, -0.05) is 38.5 Å². The molecule has 0 saturated carbocycles. The van der Waals surface area contributed by atoms with Gasteiger partial charge in [-0.2, -0.15) is 0 Å². The number of hydrogen-bond donors (Lipinski definition) is 0. The highest BCUT2D eigenvalue weighted by Crippen LogP contribution is 2.37. The van der Waals surface area contributed by atoms with Gasteiger partial charge in [-0.25, -0.2) is 0 Å². The first kappa shape index (κ1) is 19.3. The van der Waals surface area contributed by atoms with Crippen LogP contribution in [0.15, 0.2) is 29.2 Å². The lowest BCUT2D eigenvalue weighted by atomic mass is 10.2. The summed E-state index contributed by atoms with van der Waals surface area (Å²) in [5.74, 6) is 0.369. The molecule has 0 fully saturated rings. The minimum Gasteiger partial charge on any atom is -0.413 e. The van der Waals surface area contributed by atoms with Gasteiger partial charge in [0.1, 0.15) is 6.29 Å².